The highest BCUT2D eigenvalue weighted by atomic mass is 16.2. The van der Waals surface area contributed by atoms with E-state index in [-0.39, 0.29) is 11.2 Å². The first-order valence-electron chi connectivity index (χ1n) is 12.4. The Balaban J connectivity index is 1.77. The summed E-state index contributed by atoms with van der Waals surface area (Å²) < 4.78 is 5.07. The Morgan fingerprint density at radius 1 is 0.829 bits per heavy atom. The van der Waals surface area contributed by atoms with Crippen LogP contribution in [-0.4, -0.2) is 44.9 Å². The van der Waals surface area contributed by atoms with E-state index in [2.05, 4.69) is 22.3 Å². The van der Waals surface area contributed by atoms with Crippen LogP contribution >= 0.6 is 0 Å². The lowest BCUT2D eigenvalue weighted by Crippen LogP contribution is -2.40. The topological polar surface area (TPSA) is 77.1 Å². The number of fused-ring (bicyclic) bond motifs is 1. The summed E-state index contributed by atoms with van der Waals surface area (Å²) in [6.45, 7) is 6.69. The van der Waals surface area contributed by atoms with Gasteiger partial charge in [-0.25, -0.2) is 4.79 Å². The quantitative estimate of drug-likeness (QED) is 0.448. The molecule has 1 fully saturated rings. The van der Waals surface area contributed by atoms with Gasteiger partial charge in [0.25, 0.3) is 5.56 Å². The molecule has 1 aliphatic heterocycles. The fourth-order valence-corrected chi connectivity index (χ4v) is 4.81. The molecule has 3 heterocycles. The molecule has 8 heteroatoms. The van der Waals surface area contributed by atoms with E-state index >= 15 is 0 Å². The fraction of sp³-hybridized carbons (Fsp3) is 0.370. The summed E-state index contributed by atoms with van der Waals surface area (Å²) in [5, 5.41) is 3.44. The number of nitrogens with one attached hydrogen (secondary N) is 1. The van der Waals surface area contributed by atoms with Gasteiger partial charge in [-0.1, -0.05) is 67.6 Å². The third kappa shape index (κ3) is 4.66. The van der Waals surface area contributed by atoms with Crippen LogP contribution in [-0.2, 0) is 19.6 Å². The molecule has 0 bridgehead atoms. The summed E-state index contributed by atoms with van der Waals surface area (Å²) >= 11 is 0. The van der Waals surface area contributed by atoms with Crippen molar-refractivity contribution in [3.8, 4) is 0 Å². The Bertz CT molecular complexity index is 1400. The summed E-state index contributed by atoms with van der Waals surface area (Å²) in [4.78, 5) is 34.6. The second-order valence-electron chi connectivity index (χ2n) is 9.06. The minimum Gasteiger partial charge on any atom is -0.341 e. The molecule has 0 radical (unpaired) electrons. The number of imidazole rings is 1. The Morgan fingerprint density at radius 2 is 1.49 bits per heavy atom. The highest BCUT2D eigenvalue weighted by molar-refractivity contribution is 5.75. The monoisotopic (exact) mass is 472 g/mol. The first-order valence-corrected chi connectivity index (χ1v) is 12.4. The van der Waals surface area contributed by atoms with Gasteiger partial charge in [0, 0.05) is 26.2 Å². The van der Waals surface area contributed by atoms with Crippen molar-refractivity contribution in [1.82, 2.24) is 24.0 Å². The average Bonchev–Trinajstić information content (AvgIpc) is 3.05. The van der Waals surface area contributed by atoms with Crippen molar-refractivity contribution in [2.24, 2.45) is 0 Å². The van der Waals surface area contributed by atoms with Crippen molar-refractivity contribution in [1.29, 1.82) is 0 Å². The molecule has 35 heavy (non-hydrogen) atoms. The number of hydrogen-bond donors (Lipinski definition) is 1. The molecule has 1 N–H and O–H groups in total. The van der Waals surface area contributed by atoms with Crippen molar-refractivity contribution in [3.05, 3.63) is 92.6 Å². The van der Waals surface area contributed by atoms with E-state index in [0.717, 1.165) is 49.7 Å². The van der Waals surface area contributed by atoms with E-state index in [9.17, 15) is 9.59 Å². The summed E-state index contributed by atoms with van der Waals surface area (Å²) in [6.07, 6.45) is 1.69. The zero-order valence-corrected chi connectivity index (χ0v) is 20.2. The van der Waals surface area contributed by atoms with E-state index in [1.54, 1.807) is 4.57 Å². The largest absolute Gasteiger partial charge is 0.341 e. The number of benzene rings is 2. The van der Waals surface area contributed by atoms with E-state index < -0.39 is 0 Å². The fourth-order valence-electron chi connectivity index (χ4n) is 4.81. The molecular formula is C27H32N6O2. The van der Waals surface area contributed by atoms with Gasteiger partial charge in [0.15, 0.2) is 11.2 Å². The highest BCUT2D eigenvalue weighted by Gasteiger charge is 2.25. The van der Waals surface area contributed by atoms with Gasteiger partial charge in [0.2, 0.25) is 5.95 Å². The SMILES string of the molecule is CCCn1c(=O)c2c(nc(N3CCCNCC3)n2Cc2ccccc2)n(Cc2ccccc2)c1=O. The first-order chi connectivity index (χ1) is 17.2. The lowest BCUT2D eigenvalue weighted by molar-refractivity contribution is 0.577. The highest BCUT2D eigenvalue weighted by Crippen LogP contribution is 2.23. The van der Waals surface area contributed by atoms with Gasteiger partial charge in [-0.15, -0.1) is 0 Å². The second-order valence-corrected chi connectivity index (χ2v) is 9.06. The number of hydrogen-bond acceptors (Lipinski definition) is 5. The maximum absolute atomic E-state index is 13.8. The van der Waals surface area contributed by atoms with Crippen LogP contribution in [0.2, 0.25) is 0 Å². The molecule has 182 valence electrons. The average molecular weight is 473 g/mol. The molecule has 0 aliphatic carbocycles. The lowest BCUT2D eigenvalue weighted by Gasteiger charge is -2.22. The third-order valence-corrected chi connectivity index (χ3v) is 6.53. The van der Waals surface area contributed by atoms with Crippen LogP contribution in [0.1, 0.15) is 30.9 Å². The van der Waals surface area contributed by atoms with Crippen molar-refractivity contribution in [2.45, 2.75) is 39.4 Å². The molecule has 2 aromatic heterocycles. The second kappa shape index (κ2) is 10.3. The van der Waals surface area contributed by atoms with E-state index in [1.165, 1.54) is 4.57 Å². The number of rotatable bonds is 7. The molecule has 8 nitrogen and oxygen atoms in total. The van der Waals surface area contributed by atoms with Crippen molar-refractivity contribution < 1.29 is 0 Å². The molecule has 1 saturated heterocycles. The summed E-state index contributed by atoms with van der Waals surface area (Å²) in [5.74, 6) is 0.750. The Morgan fingerprint density at radius 3 is 2.14 bits per heavy atom. The van der Waals surface area contributed by atoms with Crippen molar-refractivity contribution >= 4 is 17.1 Å². The molecule has 4 aromatic rings. The number of anilines is 1. The molecule has 1 aliphatic rings. The van der Waals surface area contributed by atoms with Crippen LogP contribution < -0.4 is 21.5 Å². The number of nitrogens with zero attached hydrogens (tertiary/aromatic N) is 5. The summed E-state index contributed by atoms with van der Waals surface area (Å²) in [6, 6.07) is 20.0. The molecule has 0 saturated carbocycles. The van der Waals surface area contributed by atoms with E-state index in [0.29, 0.717) is 37.2 Å². The normalized spacial score (nSPS) is 14.4. The zero-order chi connectivity index (χ0) is 24.2. The molecule has 0 amide bonds. The molecule has 5 rings (SSSR count). The lowest BCUT2D eigenvalue weighted by atomic mass is 10.2. The van der Waals surface area contributed by atoms with Gasteiger partial charge in [0.05, 0.1) is 13.1 Å². The van der Waals surface area contributed by atoms with Crippen molar-refractivity contribution in [3.63, 3.8) is 0 Å². The van der Waals surface area contributed by atoms with Crippen molar-refractivity contribution in [2.75, 3.05) is 31.1 Å². The minimum atomic E-state index is -0.304. The third-order valence-electron chi connectivity index (χ3n) is 6.53. The Labute approximate surface area is 204 Å². The summed E-state index contributed by atoms with van der Waals surface area (Å²) in [7, 11) is 0. The molecule has 0 atom stereocenters. The van der Waals surface area contributed by atoms with E-state index in [1.807, 2.05) is 60.0 Å². The predicted molar refractivity (Wildman–Crippen MR) is 139 cm³/mol. The standard InChI is InChI=1S/C27H32N6O2/c1-2-16-31-25(34)23-24(33(27(31)35)20-22-12-7-4-8-13-22)29-26(30-17-9-14-28-15-18-30)32(23)19-21-10-5-3-6-11-21/h3-8,10-13,28H,2,9,14-20H2,1H3. The maximum Gasteiger partial charge on any atom is 0.333 e. The molecule has 0 unspecified atom stereocenters. The minimum absolute atomic E-state index is 0.265. The van der Waals surface area contributed by atoms with E-state index in [4.69, 9.17) is 4.98 Å². The van der Waals surface area contributed by atoms with Gasteiger partial charge in [-0.3, -0.25) is 18.5 Å². The first kappa shape index (κ1) is 23.1. The van der Waals surface area contributed by atoms with Gasteiger partial charge in [0.1, 0.15) is 0 Å². The van der Waals surface area contributed by atoms with Crippen LogP contribution in [0, 0.1) is 0 Å². The smallest absolute Gasteiger partial charge is 0.333 e. The van der Waals surface area contributed by atoms with Crippen LogP contribution in [0.4, 0.5) is 5.95 Å². The van der Waals surface area contributed by atoms with Gasteiger partial charge in [-0.05, 0) is 30.5 Å². The molecule has 2 aromatic carbocycles. The van der Waals surface area contributed by atoms with Crippen LogP contribution in [0.25, 0.3) is 11.2 Å². The molecular weight excluding hydrogens is 440 g/mol. The number of aromatic nitrogens is 4. The van der Waals surface area contributed by atoms with Gasteiger partial charge < -0.3 is 10.2 Å². The molecule has 0 spiro atoms. The predicted octanol–water partition coefficient (Wildman–Crippen LogP) is 2.67. The maximum atomic E-state index is 13.8. The van der Waals surface area contributed by atoms with Gasteiger partial charge in [-0.2, -0.15) is 4.98 Å². The van der Waals surface area contributed by atoms with Crippen LogP contribution in [0.15, 0.2) is 70.3 Å². The summed E-state index contributed by atoms with van der Waals surface area (Å²) in [5.41, 5.74) is 2.46. The van der Waals surface area contributed by atoms with Crippen LogP contribution in [0.5, 0.6) is 0 Å². The zero-order valence-electron chi connectivity index (χ0n) is 20.2. The van der Waals surface area contributed by atoms with Gasteiger partial charge >= 0.3 is 5.69 Å². The Kier molecular flexibility index (Phi) is 6.81. The van der Waals surface area contributed by atoms with Crippen LogP contribution in [0.3, 0.4) is 0 Å². The Hall–Kier alpha value is -3.65.